The molecule has 0 atom stereocenters. The van der Waals surface area contributed by atoms with Crippen LogP contribution in [0.3, 0.4) is 0 Å². The third-order valence-corrected chi connectivity index (χ3v) is 3.98. The predicted molar refractivity (Wildman–Crippen MR) is 84.3 cm³/mol. The molecule has 1 aromatic heterocycles. The van der Waals surface area contributed by atoms with E-state index in [1.165, 1.54) is 6.07 Å². The second-order valence-corrected chi connectivity index (χ2v) is 5.77. The molecule has 0 saturated heterocycles. The van der Waals surface area contributed by atoms with E-state index in [1.807, 2.05) is 0 Å². The van der Waals surface area contributed by atoms with Crippen LogP contribution in [0.25, 0.3) is 5.69 Å². The number of rotatable bonds is 3. The summed E-state index contributed by atoms with van der Waals surface area (Å²) < 4.78 is 82.5. The standard InChI is InChI=1S/C18H7F6N3O2.Cu/c1-6-13(17(28)7-2-9(19)8(5-25)10(20)3-7)18(29)27(26-6)16-14(23)11(21)4-12(22)15(16)24;/h2-4,29H,1H3;. The summed E-state index contributed by atoms with van der Waals surface area (Å²) in [7, 11) is 0. The minimum Gasteiger partial charge on any atom is -0.493 e. The van der Waals surface area contributed by atoms with E-state index in [4.69, 9.17) is 5.26 Å². The zero-order valence-corrected chi connectivity index (χ0v) is 15.4. The number of hydrogen-bond donors (Lipinski definition) is 1. The molecule has 0 saturated carbocycles. The van der Waals surface area contributed by atoms with E-state index < -0.39 is 68.9 Å². The molecule has 1 N–H and O–H groups in total. The summed E-state index contributed by atoms with van der Waals surface area (Å²) in [6.07, 6.45) is 0. The SMILES string of the molecule is Cc1nn(-c2c(F)c(F)cc(F)c2F)c(O)c1C(=O)c1cc(F)c(C#N)c(F)c1.[Cu]. The largest absolute Gasteiger partial charge is 0.493 e. The van der Waals surface area contributed by atoms with Crippen molar-refractivity contribution in [1.82, 2.24) is 9.78 Å². The number of ketones is 1. The van der Waals surface area contributed by atoms with E-state index in [2.05, 4.69) is 5.10 Å². The molecule has 0 spiro atoms. The number of aromatic hydroxyl groups is 1. The van der Waals surface area contributed by atoms with Gasteiger partial charge in [-0.25, -0.2) is 26.3 Å². The summed E-state index contributed by atoms with van der Waals surface area (Å²) in [5.41, 5.74) is -4.11. The van der Waals surface area contributed by atoms with Crippen LogP contribution in [-0.4, -0.2) is 20.7 Å². The van der Waals surface area contributed by atoms with Crippen molar-refractivity contribution < 1.29 is 53.3 Å². The monoisotopic (exact) mass is 474 g/mol. The number of aromatic nitrogens is 2. The number of nitrogens with zero attached hydrogens (tertiary/aromatic N) is 3. The van der Waals surface area contributed by atoms with E-state index in [0.29, 0.717) is 12.1 Å². The van der Waals surface area contributed by atoms with Gasteiger partial charge in [-0.05, 0) is 19.1 Å². The first-order valence-corrected chi connectivity index (χ1v) is 7.64. The van der Waals surface area contributed by atoms with Gasteiger partial charge in [-0.3, -0.25) is 4.79 Å². The second kappa shape index (κ2) is 8.22. The smallest absolute Gasteiger partial charge is 0.226 e. The van der Waals surface area contributed by atoms with E-state index in [-0.39, 0.29) is 33.5 Å². The van der Waals surface area contributed by atoms with Crippen LogP contribution in [0, 0.1) is 53.2 Å². The van der Waals surface area contributed by atoms with Crippen molar-refractivity contribution in [3.8, 4) is 17.6 Å². The summed E-state index contributed by atoms with van der Waals surface area (Å²) in [6.45, 7) is 1.10. The van der Waals surface area contributed by atoms with Gasteiger partial charge >= 0.3 is 0 Å². The number of carbonyl (C=O) groups excluding carboxylic acids is 1. The third kappa shape index (κ3) is 3.53. The van der Waals surface area contributed by atoms with Gasteiger partial charge in [-0.1, -0.05) is 0 Å². The molecule has 3 aromatic rings. The summed E-state index contributed by atoms with van der Waals surface area (Å²) in [6, 6.07) is 2.23. The number of halogens is 6. The van der Waals surface area contributed by atoms with Crippen molar-refractivity contribution in [3.63, 3.8) is 0 Å². The summed E-state index contributed by atoms with van der Waals surface area (Å²) in [5, 5.41) is 22.4. The maximum atomic E-state index is 14.0. The fourth-order valence-corrected chi connectivity index (χ4v) is 2.64. The van der Waals surface area contributed by atoms with Gasteiger partial charge in [-0.2, -0.15) is 15.0 Å². The molecule has 0 aliphatic carbocycles. The number of nitriles is 1. The third-order valence-electron chi connectivity index (χ3n) is 3.98. The van der Waals surface area contributed by atoms with E-state index in [9.17, 15) is 36.2 Å². The van der Waals surface area contributed by atoms with Crippen LogP contribution in [0.1, 0.15) is 27.2 Å². The van der Waals surface area contributed by atoms with Crippen molar-refractivity contribution in [2.24, 2.45) is 0 Å². The second-order valence-electron chi connectivity index (χ2n) is 5.77. The number of carbonyl (C=O) groups is 1. The van der Waals surface area contributed by atoms with Crippen LogP contribution >= 0.6 is 0 Å². The molecule has 0 unspecified atom stereocenters. The number of aryl methyl sites for hydroxylation is 1. The van der Waals surface area contributed by atoms with Crippen LogP contribution in [0.2, 0.25) is 0 Å². The van der Waals surface area contributed by atoms with Gasteiger partial charge in [-0.15, -0.1) is 0 Å². The molecule has 159 valence electrons. The first-order chi connectivity index (χ1) is 13.6. The maximum Gasteiger partial charge on any atom is 0.226 e. The van der Waals surface area contributed by atoms with Crippen molar-refractivity contribution in [2.45, 2.75) is 6.92 Å². The molecular formula is C18H7CuF6N3O2. The van der Waals surface area contributed by atoms with Gasteiger partial charge in [0.15, 0.2) is 23.3 Å². The fourth-order valence-electron chi connectivity index (χ4n) is 2.64. The minimum atomic E-state index is -1.89. The summed E-state index contributed by atoms with van der Waals surface area (Å²) in [4.78, 5) is 12.6. The van der Waals surface area contributed by atoms with Crippen LogP contribution < -0.4 is 0 Å². The molecule has 0 fully saturated rings. The van der Waals surface area contributed by atoms with Crippen molar-refractivity contribution in [1.29, 1.82) is 5.26 Å². The van der Waals surface area contributed by atoms with E-state index >= 15 is 0 Å². The molecule has 0 amide bonds. The first kappa shape index (κ1) is 23.0. The zero-order chi connectivity index (χ0) is 21.6. The van der Waals surface area contributed by atoms with Gasteiger partial charge in [0, 0.05) is 28.7 Å². The molecule has 1 heterocycles. The minimum absolute atomic E-state index is 0. The van der Waals surface area contributed by atoms with Crippen LogP contribution in [0.4, 0.5) is 26.3 Å². The quantitative estimate of drug-likeness (QED) is 0.271. The summed E-state index contributed by atoms with van der Waals surface area (Å²) >= 11 is 0. The molecule has 2 aromatic carbocycles. The van der Waals surface area contributed by atoms with Crippen molar-refractivity contribution >= 4 is 5.78 Å². The molecule has 12 heteroatoms. The average Bonchev–Trinajstić information content (AvgIpc) is 2.93. The van der Waals surface area contributed by atoms with Crippen LogP contribution in [-0.2, 0) is 17.1 Å². The molecule has 30 heavy (non-hydrogen) atoms. The average molecular weight is 475 g/mol. The van der Waals surface area contributed by atoms with Gasteiger partial charge in [0.2, 0.25) is 11.7 Å². The van der Waals surface area contributed by atoms with Crippen molar-refractivity contribution in [2.75, 3.05) is 0 Å². The Bertz CT molecular complexity index is 1190. The van der Waals surface area contributed by atoms with Gasteiger partial charge in [0.05, 0.1) is 5.69 Å². The topological polar surface area (TPSA) is 78.9 Å². The number of hydrogen-bond acceptors (Lipinski definition) is 4. The predicted octanol–water partition coefficient (Wildman–Crippen LogP) is 3.82. The summed E-state index contributed by atoms with van der Waals surface area (Å²) in [5.74, 6) is -12.5. The normalized spacial score (nSPS) is 10.5. The zero-order valence-electron chi connectivity index (χ0n) is 14.5. The molecule has 0 bridgehead atoms. The molecule has 0 aliphatic rings. The molecule has 5 nitrogen and oxygen atoms in total. The fraction of sp³-hybridized carbons (Fsp3) is 0.0556. The Morgan fingerprint density at radius 2 is 1.50 bits per heavy atom. The Morgan fingerprint density at radius 1 is 1.00 bits per heavy atom. The van der Waals surface area contributed by atoms with E-state index in [1.54, 1.807) is 0 Å². The van der Waals surface area contributed by atoms with Gasteiger partial charge in [0.25, 0.3) is 0 Å². The first-order valence-electron chi connectivity index (χ1n) is 7.64. The van der Waals surface area contributed by atoms with Crippen LogP contribution in [0.15, 0.2) is 18.2 Å². The molecular weight excluding hydrogens is 468 g/mol. The Balaban J connectivity index is 0.00000320. The van der Waals surface area contributed by atoms with Gasteiger partial charge < -0.3 is 5.11 Å². The molecule has 3 rings (SSSR count). The Hall–Kier alpha value is -3.29. The van der Waals surface area contributed by atoms with Crippen LogP contribution in [0.5, 0.6) is 5.88 Å². The Morgan fingerprint density at radius 3 is 1.97 bits per heavy atom. The Labute approximate surface area is 174 Å². The Kier molecular flexibility index (Phi) is 6.30. The molecule has 1 radical (unpaired) electrons. The molecule has 0 aliphatic heterocycles. The maximum absolute atomic E-state index is 14.0. The van der Waals surface area contributed by atoms with E-state index in [0.717, 1.165) is 6.92 Å². The van der Waals surface area contributed by atoms with Crippen molar-refractivity contribution in [3.05, 3.63) is 75.5 Å². The number of benzene rings is 2. The van der Waals surface area contributed by atoms with Gasteiger partial charge in [0.1, 0.15) is 34.5 Å².